The Morgan fingerprint density at radius 3 is 2.18 bits per heavy atom. The Labute approximate surface area is 125 Å². The van der Waals surface area contributed by atoms with Crippen LogP contribution < -0.4 is 0 Å². The van der Waals surface area contributed by atoms with Crippen LogP contribution in [0.3, 0.4) is 0 Å². The second-order valence-electron chi connectivity index (χ2n) is 5.19. The molecule has 1 fully saturated rings. The lowest BCUT2D eigenvalue weighted by Gasteiger charge is -2.43. The Hall–Kier alpha value is 0.200. The fraction of sp³-hybridized carbons (Fsp3) is 0.571. The van der Waals surface area contributed by atoms with Crippen LogP contribution >= 0.6 is 35.0 Å². The van der Waals surface area contributed by atoms with Crippen LogP contribution in [-0.4, -0.2) is 25.5 Å². The van der Waals surface area contributed by atoms with Gasteiger partial charge in [0.1, 0.15) is 0 Å². The average Bonchev–Trinajstić information content (AvgIpc) is 2.18. The number of halogens is 2. The van der Waals surface area contributed by atoms with Crippen molar-refractivity contribution in [2.75, 3.05) is 20.6 Å². The van der Waals surface area contributed by atoms with E-state index in [0.29, 0.717) is 5.41 Å². The Kier molecular flexibility index (Phi) is 5.74. The molecule has 0 radical (unpaired) electrons. The predicted molar refractivity (Wildman–Crippen MR) is 85.1 cm³/mol. The first-order valence-electron chi connectivity index (χ1n) is 6.03. The van der Waals surface area contributed by atoms with Crippen LogP contribution in [-0.2, 0) is 5.41 Å². The maximum Gasteiger partial charge on any atom is 0.0130 e. The molecule has 1 aliphatic rings. The van der Waals surface area contributed by atoms with Gasteiger partial charge in [-0.1, -0.05) is 18.6 Å². The van der Waals surface area contributed by atoms with Gasteiger partial charge in [0.05, 0.1) is 0 Å². The van der Waals surface area contributed by atoms with Gasteiger partial charge in [0.2, 0.25) is 0 Å². The van der Waals surface area contributed by atoms with Crippen LogP contribution in [0.4, 0.5) is 0 Å². The molecule has 1 aromatic carbocycles. The summed E-state index contributed by atoms with van der Waals surface area (Å²) < 4.78 is 1.34. The Balaban J connectivity index is 0.00000144. The molecule has 17 heavy (non-hydrogen) atoms. The molecule has 0 saturated heterocycles. The van der Waals surface area contributed by atoms with Gasteiger partial charge < -0.3 is 4.90 Å². The quantitative estimate of drug-likeness (QED) is 0.727. The molecule has 1 aromatic rings. The van der Waals surface area contributed by atoms with Crippen molar-refractivity contribution in [1.82, 2.24) is 4.90 Å². The molecule has 0 unspecified atom stereocenters. The fourth-order valence-corrected chi connectivity index (χ4v) is 2.89. The van der Waals surface area contributed by atoms with Crippen molar-refractivity contribution in [3.8, 4) is 0 Å². The van der Waals surface area contributed by atoms with Crippen LogP contribution in [0.2, 0.25) is 0 Å². The summed E-state index contributed by atoms with van der Waals surface area (Å²) >= 11 is 2.38. The standard InChI is InChI=1S/C14H20IN.ClH/c1-16(2)11-10-14(8-3-9-14)12-4-6-13(15)7-5-12;/h4-7H,3,8-11H2,1-2H3;1H. The van der Waals surface area contributed by atoms with E-state index in [1.807, 2.05) is 0 Å². The third-order valence-electron chi connectivity index (χ3n) is 3.80. The molecule has 0 aliphatic heterocycles. The molecule has 0 amide bonds. The van der Waals surface area contributed by atoms with Crippen LogP contribution in [0.25, 0.3) is 0 Å². The zero-order valence-electron chi connectivity index (χ0n) is 10.6. The van der Waals surface area contributed by atoms with Gasteiger partial charge in [-0.3, -0.25) is 0 Å². The number of rotatable bonds is 4. The maximum absolute atomic E-state index is 2.38. The molecule has 0 aromatic heterocycles. The average molecular weight is 366 g/mol. The predicted octanol–water partition coefficient (Wildman–Crippen LogP) is 4.09. The van der Waals surface area contributed by atoms with Gasteiger partial charge in [-0.2, -0.15) is 0 Å². The fourth-order valence-electron chi connectivity index (χ4n) is 2.53. The van der Waals surface area contributed by atoms with E-state index < -0.39 is 0 Å². The van der Waals surface area contributed by atoms with Gasteiger partial charge in [0, 0.05) is 3.57 Å². The van der Waals surface area contributed by atoms with E-state index in [-0.39, 0.29) is 12.4 Å². The molecule has 0 atom stereocenters. The number of hydrogen-bond donors (Lipinski definition) is 0. The normalized spacial score (nSPS) is 17.4. The van der Waals surface area contributed by atoms with Crippen molar-refractivity contribution in [3.63, 3.8) is 0 Å². The molecular weight excluding hydrogens is 345 g/mol. The van der Waals surface area contributed by atoms with Crippen LogP contribution in [0, 0.1) is 3.57 Å². The largest absolute Gasteiger partial charge is 0.309 e. The summed E-state index contributed by atoms with van der Waals surface area (Å²) in [7, 11) is 4.33. The van der Waals surface area contributed by atoms with Gasteiger partial charge in [-0.15, -0.1) is 12.4 Å². The minimum Gasteiger partial charge on any atom is -0.309 e. The van der Waals surface area contributed by atoms with Crippen molar-refractivity contribution in [2.24, 2.45) is 0 Å². The first-order chi connectivity index (χ1) is 7.62. The lowest BCUT2D eigenvalue weighted by molar-refractivity contribution is 0.201. The van der Waals surface area contributed by atoms with Gasteiger partial charge in [-0.05, 0) is 85.6 Å². The van der Waals surface area contributed by atoms with Crippen molar-refractivity contribution in [1.29, 1.82) is 0 Å². The lowest BCUT2D eigenvalue weighted by Crippen LogP contribution is -2.37. The minimum absolute atomic E-state index is 0. The van der Waals surface area contributed by atoms with E-state index in [9.17, 15) is 0 Å². The molecular formula is C14H21ClIN. The highest BCUT2D eigenvalue weighted by molar-refractivity contribution is 14.1. The summed E-state index contributed by atoms with van der Waals surface area (Å²) in [6.07, 6.45) is 5.46. The molecule has 0 heterocycles. The lowest BCUT2D eigenvalue weighted by atomic mass is 9.62. The molecule has 3 heteroatoms. The smallest absolute Gasteiger partial charge is 0.0130 e. The molecule has 0 spiro atoms. The Bertz CT molecular complexity index is 344. The summed E-state index contributed by atoms with van der Waals surface area (Å²) in [6.45, 7) is 1.20. The second-order valence-corrected chi connectivity index (χ2v) is 6.44. The zero-order chi connectivity index (χ0) is 11.6. The minimum atomic E-state index is 0. The van der Waals surface area contributed by atoms with Gasteiger partial charge in [-0.25, -0.2) is 0 Å². The number of nitrogens with zero attached hydrogens (tertiary/aromatic N) is 1. The molecule has 1 aliphatic carbocycles. The number of hydrogen-bond acceptors (Lipinski definition) is 1. The van der Waals surface area contributed by atoms with E-state index in [1.165, 1.54) is 35.8 Å². The second kappa shape index (κ2) is 6.39. The van der Waals surface area contributed by atoms with Crippen LogP contribution in [0.1, 0.15) is 31.2 Å². The van der Waals surface area contributed by atoms with E-state index in [0.717, 1.165) is 0 Å². The number of benzene rings is 1. The molecule has 1 nitrogen and oxygen atoms in total. The molecule has 1 saturated carbocycles. The van der Waals surface area contributed by atoms with E-state index in [4.69, 9.17) is 0 Å². The van der Waals surface area contributed by atoms with Crippen molar-refractivity contribution < 1.29 is 0 Å². The summed E-state index contributed by atoms with van der Waals surface area (Å²) in [5, 5.41) is 0. The highest BCUT2D eigenvalue weighted by atomic mass is 127. The monoisotopic (exact) mass is 365 g/mol. The summed E-state index contributed by atoms with van der Waals surface area (Å²) in [4.78, 5) is 2.30. The zero-order valence-corrected chi connectivity index (χ0v) is 13.6. The Morgan fingerprint density at radius 2 is 1.76 bits per heavy atom. The third-order valence-corrected chi connectivity index (χ3v) is 4.52. The van der Waals surface area contributed by atoms with E-state index in [1.54, 1.807) is 5.56 Å². The third kappa shape index (κ3) is 3.58. The maximum atomic E-state index is 2.38. The Morgan fingerprint density at radius 1 is 1.18 bits per heavy atom. The molecule has 96 valence electrons. The summed E-state index contributed by atoms with van der Waals surface area (Å²) in [6, 6.07) is 9.14. The topological polar surface area (TPSA) is 3.24 Å². The van der Waals surface area contributed by atoms with E-state index >= 15 is 0 Å². The summed E-state index contributed by atoms with van der Waals surface area (Å²) in [5.74, 6) is 0. The van der Waals surface area contributed by atoms with E-state index in [2.05, 4.69) is 65.9 Å². The SMILES string of the molecule is CN(C)CCC1(c2ccc(I)cc2)CCC1.Cl. The van der Waals surface area contributed by atoms with Crippen LogP contribution in [0.15, 0.2) is 24.3 Å². The summed E-state index contributed by atoms with van der Waals surface area (Å²) in [5.41, 5.74) is 2.05. The van der Waals surface area contributed by atoms with Crippen molar-refractivity contribution >= 4 is 35.0 Å². The van der Waals surface area contributed by atoms with Gasteiger partial charge in [0.25, 0.3) is 0 Å². The molecule has 0 N–H and O–H groups in total. The first kappa shape index (κ1) is 15.3. The van der Waals surface area contributed by atoms with Crippen molar-refractivity contribution in [2.45, 2.75) is 31.1 Å². The van der Waals surface area contributed by atoms with Gasteiger partial charge in [0.15, 0.2) is 0 Å². The highest BCUT2D eigenvalue weighted by Gasteiger charge is 2.37. The first-order valence-corrected chi connectivity index (χ1v) is 7.11. The van der Waals surface area contributed by atoms with Crippen molar-refractivity contribution in [3.05, 3.63) is 33.4 Å². The molecule has 0 bridgehead atoms. The van der Waals surface area contributed by atoms with Crippen LogP contribution in [0.5, 0.6) is 0 Å². The molecule has 2 rings (SSSR count). The highest BCUT2D eigenvalue weighted by Crippen LogP contribution is 2.46. The van der Waals surface area contributed by atoms with Gasteiger partial charge >= 0.3 is 0 Å².